The first-order valence-electron chi connectivity index (χ1n) is 12.4. The molecule has 4 aliphatic carbocycles. The second kappa shape index (κ2) is 7.43. The van der Waals surface area contributed by atoms with Gasteiger partial charge in [0.2, 0.25) is 0 Å². The van der Waals surface area contributed by atoms with Crippen LogP contribution in [-0.4, -0.2) is 25.7 Å². The molecular formula is C29H37NO2. The summed E-state index contributed by atoms with van der Waals surface area (Å²) in [5.41, 5.74) is 6.77. The number of benzene rings is 1. The second-order valence-electron chi connectivity index (χ2n) is 11.4. The number of Topliss-reactive ketones (excluding diaryl/α,β-unsaturated/α-hetero) is 1. The van der Waals surface area contributed by atoms with Crippen molar-refractivity contribution >= 4 is 17.3 Å². The lowest BCUT2D eigenvalue weighted by atomic mass is 9.48. The molecule has 0 spiro atoms. The highest BCUT2D eigenvalue weighted by Gasteiger charge is 2.62. The van der Waals surface area contributed by atoms with Crippen LogP contribution in [0.15, 0.2) is 47.1 Å². The third-order valence-corrected chi connectivity index (χ3v) is 9.93. The van der Waals surface area contributed by atoms with E-state index in [1.165, 1.54) is 22.4 Å². The average molecular weight is 432 g/mol. The fourth-order valence-corrected chi connectivity index (χ4v) is 7.79. The monoisotopic (exact) mass is 431 g/mol. The van der Waals surface area contributed by atoms with Crippen LogP contribution in [0.1, 0.15) is 77.2 Å². The van der Waals surface area contributed by atoms with Crippen molar-refractivity contribution in [3.8, 4) is 0 Å². The van der Waals surface area contributed by atoms with E-state index in [0.29, 0.717) is 35.7 Å². The molecule has 0 N–H and O–H groups in total. The van der Waals surface area contributed by atoms with Crippen molar-refractivity contribution in [3.05, 3.63) is 52.6 Å². The van der Waals surface area contributed by atoms with E-state index >= 15 is 0 Å². The van der Waals surface area contributed by atoms with Crippen molar-refractivity contribution in [1.29, 1.82) is 0 Å². The molecule has 0 bridgehead atoms. The molecule has 5 rings (SSSR count). The SMILES string of the molecule is CC(=O)[C@@]1(C)CCC2C3CCC4=CC(=O)CCC4=C3[C@@H](c3ccc(N(C)C)cc3)C[C@@]21C. The van der Waals surface area contributed by atoms with Crippen LogP contribution in [-0.2, 0) is 9.59 Å². The smallest absolute Gasteiger partial charge is 0.156 e. The molecule has 0 amide bonds. The van der Waals surface area contributed by atoms with E-state index in [4.69, 9.17) is 0 Å². The van der Waals surface area contributed by atoms with Gasteiger partial charge in [0.05, 0.1) is 0 Å². The van der Waals surface area contributed by atoms with E-state index < -0.39 is 0 Å². The molecule has 2 saturated carbocycles. The number of nitrogens with zero attached hydrogens (tertiary/aromatic N) is 1. The lowest BCUT2D eigenvalue weighted by Gasteiger charge is -2.55. The van der Waals surface area contributed by atoms with Crippen molar-refractivity contribution in [1.82, 2.24) is 0 Å². The van der Waals surface area contributed by atoms with E-state index in [1.807, 2.05) is 13.0 Å². The molecule has 2 unspecified atom stereocenters. The van der Waals surface area contributed by atoms with Gasteiger partial charge in [-0.25, -0.2) is 0 Å². The standard InChI is InChI=1S/C29H37NO2/c1-18(31)28(2)15-14-26-24-12-8-20-16-22(32)11-13-23(20)27(24)25(17-29(26,28)3)19-6-9-21(10-7-19)30(4)5/h6-7,9-10,16,24-26H,8,11-15,17H2,1-5H3/t24?,25-,26?,28-,29+/m1/s1. The van der Waals surface area contributed by atoms with Gasteiger partial charge in [-0.1, -0.05) is 31.6 Å². The molecular weight excluding hydrogens is 394 g/mol. The molecule has 170 valence electrons. The van der Waals surface area contributed by atoms with Crippen molar-refractivity contribution in [2.45, 2.75) is 71.6 Å². The van der Waals surface area contributed by atoms with Crippen molar-refractivity contribution in [2.75, 3.05) is 19.0 Å². The molecule has 0 saturated heterocycles. The summed E-state index contributed by atoms with van der Waals surface area (Å²) in [6, 6.07) is 9.07. The number of anilines is 1. The maximum Gasteiger partial charge on any atom is 0.156 e. The molecule has 32 heavy (non-hydrogen) atoms. The fourth-order valence-electron chi connectivity index (χ4n) is 7.79. The summed E-state index contributed by atoms with van der Waals surface area (Å²) in [5, 5.41) is 0. The van der Waals surface area contributed by atoms with Crippen LogP contribution in [0.2, 0.25) is 0 Å². The Morgan fingerprint density at radius 2 is 1.75 bits per heavy atom. The first kappa shape index (κ1) is 21.7. The molecule has 0 heterocycles. The predicted molar refractivity (Wildman–Crippen MR) is 130 cm³/mol. The summed E-state index contributed by atoms with van der Waals surface area (Å²) in [6.07, 6.45) is 8.82. The third-order valence-electron chi connectivity index (χ3n) is 9.93. The summed E-state index contributed by atoms with van der Waals surface area (Å²) < 4.78 is 0. The normalized spacial score (nSPS) is 36.2. The van der Waals surface area contributed by atoms with Gasteiger partial charge >= 0.3 is 0 Å². The maximum absolute atomic E-state index is 13.0. The Hall–Kier alpha value is -2.16. The van der Waals surface area contributed by atoms with Gasteiger partial charge in [-0.05, 0) is 97.6 Å². The number of fused-ring (bicyclic) bond motifs is 4. The molecule has 0 aliphatic heterocycles. The van der Waals surface area contributed by atoms with Gasteiger partial charge in [-0.15, -0.1) is 0 Å². The average Bonchev–Trinajstić information content (AvgIpc) is 3.04. The van der Waals surface area contributed by atoms with Gasteiger partial charge in [-0.2, -0.15) is 0 Å². The van der Waals surface area contributed by atoms with Crippen LogP contribution < -0.4 is 4.90 Å². The number of hydrogen-bond donors (Lipinski definition) is 0. The molecule has 0 radical (unpaired) electrons. The van der Waals surface area contributed by atoms with Crippen molar-refractivity contribution in [3.63, 3.8) is 0 Å². The van der Waals surface area contributed by atoms with E-state index in [-0.39, 0.29) is 10.8 Å². The van der Waals surface area contributed by atoms with Crippen molar-refractivity contribution in [2.24, 2.45) is 22.7 Å². The molecule has 3 heteroatoms. The largest absolute Gasteiger partial charge is 0.378 e. The van der Waals surface area contributed by atoms with Crippen LogP contribution >= 0.6 is 0 Å². The predicted octanol–water partition coefficient (Wildman–Crippen LogP) is 6.25. The Balaban J connectivity index is 1.67. The summed E-state index contributed by atoms with van der Waals surface area (Å²) in [7, 11) is 4.16. The Morgan fingerprint density at radius 3 is 2.41 bits per heavy atom. The lowest BCUT2D eigenvalue weighted by Crippen LogP contribution is -2.49. The highest BCUT2D eigenvalue weighted by Crippen LogP contribution is 2.69. The molecule has 3 nitrogen and oxygen atoms in total. The Bertz CT molecular complexity index is 1030. The first-order valence-corrected chi connectivity index (χ1v) is 12.4. The zero-order valence-corrected chi connectivity index (χ0v) is 20.3. The summed E-state index contributed by atoms with van der Waals surface area (Å²) in [5.74, 6) is 2.09. The Kier molecular flexibility index (Phi) is 5.03. The number of carbonyl (C=O) groups excluding carboxylic acids is 2. The molecule has 1 aromatic carbocycles. The van der Waals surface area contributed by atoms with Crippen LogP contribution in [0.5, 0.6) is 0 Å². The summed E-state index contributed by atoms with van der Waals surface area (Å²) >= 11 is 0. The van der Waals surface area contributed by atoms with E-state index in [2.05, 4.69) is 57.1 Å². The molecule has 0 aromatic heterocycles. The minimum atomic E-state index is -0.242. The number of allylic oxidation sites excluding steroid dienone is 4. The zero-order chi connectivity index (χ0) is 22.8. The molecule has 5 atom stereocenters. The fraction of sp³-hybridized carbons (Fsp3) is 0.586. The van der Waals surface area contributed by atoms with E-state index in [1.54, 1.807) is 5.57 Å². The van der Waals surface area contributed by atoms with E-state index in [0.717, 1.165) is 38.5 Å². The van der Waals surface area contributed by atoms with Crippen LogP contribution in [0, 0.1) is 22.7 Å². The minimum absolute atomic E-state index is 0.0180. The quantitative estimate of drug-likeness (QED) is 0.568. The lowest BCUT2D eigenvalue weighted by molar-refractivity contribution is -0.134. The molecule has 2 fully saturated rings. The Morgan fingerprint density at radius 1 is 1.03 bits per heavy atom. The van der Waals surface area contributed by atoms with Gasteiger partial charge in [-0.3, -0.25) is 9.59 Å². The van der Waals surface area contributed by atoms with Gasteiger partial charge in [0.1, 0.15) is 5.78 Å². The topological polar surface area (TPSA) is 37.4 Å². The summed E-state index contributed by atoms with van der Waals surface area (Å²) in [4.78, 5) is 27.3. The van der Waals surface area contributed by atoms with Gasteiger partial charge in [0, 0.05) is 37.5 Å². The highest BCUT2D eigenvalue weighted by molar-refractivity contribution is 5.93. The first-order chi connectivity index (χ1) is 15.2. The minimum Gasteiger partial charge on any atom is -0.378 e. The zero-order valence-electron chi connectivity index (χ0n) is 20.3. The third kappa shape index (κ3) is 2.99. The number of rotatable bonds is 3. The Labute approximate surface area is 193 Å². The van der Waals surface area contributed by atoms with E-state index in [9.17, 15) is 9.59 Å². The number of carbonyl (C=O) groups is 2. The van der Waals surface area contributed by atoms with Crippen molar-refractivity contribution < 1.29 is 9.59 Å². The van der Waals surface area contributed by atoms with Crippen LogP contribution in [0.25, 0.3) is 0 Å². The van der Waals surface area contributed by atoms with Gasteiger partial charge < -0.3 is 4.90 Å². The van der Waals surface area contributed by atoms with Crippen LogP contribution in [0.4, 0.5) is 5.69 Å². The molecule has 1 aromatic rings. The second-order valence-corrected chi connectivity index (χ2v) is 11.4. The number of hydrogen-bond acceptors (Lipinski definition) is 3. The maximum atomic E-state index is 13.0. The van der Waals surface area contributed by atoms with Crippen LogP contribution in [0.3, 0.4) is 0 Å². The van der Waals surface area contributed by atoms with Gasteiger partial charge in [0.25, 0.3) is 0 Å². The molecule has 4 aliphatic rings. The summed E-state index contributed by atoms with van der Waals surface area (Å²) in [6.45, 7) is 6.48. The van der Waals surface area contributed by atoms with Gasteiger partial charge in [0.15, 0.2) is 5.78 Å². The highest BCUT2D eigenvalue weighted by atomic mass is 16.1. The number of ketones is 2.